The number of hydrogen-bond donors (Lipinski definition) is 1. The highest BCUT2D eigenvalue weighted by molar-refractivity contribution is 4.91. The summed E-state index contributed by atoms with van der Waals surface area (Å²) in [6.45, 7) is 16.5. The zero-order valence-electron chi connectivity index (χ0n) is 13.0. The third-order valence-electron chi connectivity index (χ3n) is 3.92. The summed E-state index contributed by atoms with van der Waals surface area (Å²) in [5.41, 5.74) is 0.335. The van der Waals surface area contributed by atoms with Crippen LogP contribution in [-0.4, -0.2) is 49.8 Å². The van der Waals surface area contributed by atoms with Crippen molar-refractivity contribution in [2.45, 2.75) is 59.5 Å². The van der Waals surface area contributed by atoms with Gasteiger partial charge < -0.3 is 10.1 Å². The molecule has 0 aromatic rings. The number of piperazine rings is 1. The molecule has 0 aromatic carbocycles. The zero-order valence-corrected chi connectivity index (χ0v) is 13.0. The van der Waals surface area contributed by atoms with Crippen LogP contribution in [0, 0.1) is 5.41 Å². The molecule has 0 amide bonds. The number of rotatable bonds is 6. The van der Waals surface area contributed by atoms with Gasteiger partial charge in [0.25, 0.3) is 0 Å². The van der Waals surface area contributed by atoms with E-state index in [0.29, 0.717) is 17.5 Å². The van der Waals surface area contributed by atoms with Crippen molar-refractivity contribution in [3.63, 3.8) is 0 Å². The largest absolute Gasteiger partial charge is 0.380 e. The van der Waals surface area contributed by atoms with Gasteiger partial charge in [-0.2, -0.15) is 0 Å². The molecule has 2 unspecified atom stereocenters. The Balaban J connectivity index is 2.43. The number of hydrogen-bond acceptors (Lipinski definition) is 3. The third-order valence-corrected chi connectivity index (χ3v) is 3.92. The van der Waals surface area contributed by atoms with Gasteiger partial charge in [-0.25, -0.2) is 0 Å². The van der Waals surface area contributed by atoms with E-state index in [1.54, 1.807) is 0 Å². The molecule has 0 bridgehead atoms. The van der Waals surface area contributed by atoms with Gasteiger partial charge in [0.1, 0.15) is 0 Å². The molecule has 2 atom stereocenters. The van der Waals surface area contributed by atoms with Crippen LogP contribution in [0.5, 0.6) is 0 Å². The van der Waals surface area contributed by atoms with Gasteiger partial charge in [0.15, 0.2) is 0 Å². The molecule has 1 saturated heterocycles. The van der Waals surface area contributed by atoms with Crippen LogP contribution < -0.4 is 5.32 Å². The van der Waals surface area contributed by atoms with Crippen LogP contribution in [0.1, 0.15) is 47.5 Å². The van der Waals surface area contributed by atoms with Crippen LogP contribution >= 0.6 is 0 Å². The summed E-state index contributed by atoms with van der Waals surface area (Å²) >= 11 is 0. The van der Waals surface area contributed by atoms with E-state index in [9.17, 15) is 0 Å². The van der Waals surface area contributed by atoms with Gasteiger partial charge in [-0.15, -0.1) is 0 Å². The van der Waals surface area contributed by atoms with E-state index >= 15 is 0 Å². The Labute approximate surface area is 113 Å². The van der Waals surface area contributed by atoms with Crippen molar-refractivity contribution in [1.29, 1.82) is 0 Å². The van der Waals surface area contributed by atoms with E-state index in [1.807, 2.05) is 0 Å². The van der Waals surface area contributed by atoms with Gasteiger partial charge >= 0.3 is 0 Å². The minimum Gasteiger partial charge on any atom is -0.380 e. The topological polar surface area (TPSA) is 24.5 Å². The fraction of sp³-hybridized carbons (Fsp3) is 1.00. The van der Waals surface area contributed by atoms with Crippen LogP contribution in [0.25, 0.3) is 0 Å². The monoisotopic (exact) mass is 256 g/mol. The van der Waals surface area contributed by atoms with E-state index < -0.39 is 0 Å². The van der Waals surface area contributed by atoms with Gasteiger partial charge in [0, 0.05) is 38.3 Å². The molecule has 0 aromatic heterocycles. The maximum absolute atomic E-state index is 5.64. The number of nitrogens with zero attached hydrogens (tertiary/aromatic N) is 1. The highest BCUT2D eigenvalue weighted by atomic mass is 16.5. The second-order valence-corrected chi connectivity index (χ2v) is 6.50. The lowest BCUT2D eigenvalue weighted by Crippen LogP contribution is -2.60. The van der Waals surface area contributed by atoms with Crippen molar-refractivity contribution in [3.05, 3.63) is 0 Å². The molecule has 18 heavy (non-hydrogen) atoms. The lowest BCUT2D eigenvalue weighted by atomic mass is 9.84. The van der Waals surface area contributed by atoms with Gasteiger partial charge in [0.05, 0.1) is 6.61 Å². The Morgan fingerprint density at radius 3 is 2.50 bits per heavy atom. The smallest absolute Gasteiger partial charge is 0.0593 e. The molecule has 0 spiro atoms. The fourth-order valence-electron chi connectivity index (χ4n) is 2.54. The number of nitrogens with one attached hydrogen (secondary N) is 1. The molecule has 0 aliphatic carbocycles. The minimum atomic E-state index is 0.335. The Morgan fingerprint density at radius 1 is 1.22 bits per heavy atom. The third kappa shape index (κ3) is 4.87. The second-order valence-electron chi connectivity index (χ2n) is 6.50. The lowest BCUT2D eigenvalue weighted by Gasteiger charge is -2.44. The summed E-state index contributed by atoms with van der Waals surface area (Å²) in [6, 6.07) is 1.26. The van der Waals surface area contributed by atoms with Crippen LogP contribution in [0.15, 0.2) is 0 Å². The molecule has 1 aliphatic heterocycles. The normalized spacial score (nSPS) is 26.5. The summed E-state index contributed by atoms with van der Waals surface area (Å²) in [5.74, 6) is 0. The first-order valence-corrected chi connectivity index (χ1v) is 7.54. The minimum absolute atomic E-state index is 0.335. The van der Waals surface area contributed by atoms with Crippen LogP contribution in [0.4, 0.5) is 0 Å². The average Bonchev–Trinajstić information content (AvgIpc) is 2.33. The summed E-state index contributed by atoms with van der Waals surface area (Å²) in [7, 11) is 0. The van der Waals surface area contributed by atoms with Gasteiger partial charge in [0.2, 0.25) is 0 Å². The second kappa shape index (κ2) is 7.46. The molecular formula is C15H32N2O. The highest BCUT2D eigenvalue weighted by Gasteiger charge is 2.32. The van der Waals surface area contributed by atoms with E-state index in [-0.39, 0.29) is 0 Å². The molecule has 0 radical (unpaired) electrons. The molecule has 1 N–H and O–H groups in total. The van der Waals surface area contributed by atoms with Crippen LogP contribution in [0.2, 0.25) is 0 Å². The first kappa shape index (κ1) is 15.9. The molecule has 3 heteroatoms. The predicted octanol–water partition coefficient (Wildman–Crippen LogP) is 2.51. The molecular weight excluding hydrogens is 224 g/mol. The Kier molecular flexibility index (Phi) is 6.61. The summed E-state index contributed by atoms with van der Waals surface area (Å²) in [6.07, 6.45) is 2.33. The Hall–Kier alpha value is -0.120. The molecule has 1 aliphatic rings. The fourth-order valence-corrected chi connectivity index (χ4v) is 2.54. The molecule has 0 saturated carbocycles. The first-order valence-electron chi connectivity index (χ1n) is 7.54. The van der Waals surface area contributed by atoms with E-state index in [2.05, 4.69) is 44.8 Å². The van der Waals surface area contributed by atoms with E-state index in [4.69, 9.17) is 4.74 Å². The standard InChI is InChI=1S/C15H32N2O/c1-6-9-18-10-8-17-12-14(15(3,4)5)16-11-13(17)7-2/h13-14,16H,6-12H2,1-5H3. The summed E-state index contributed by atoms with van der Waals surface area (Å²) < 4.78 is 5.64. The maximum Gasteiger partial charge on any atom is 0.0593 e. The zero-order chi connectivity index (χ0) is 13.6. The molecule has 1 fully saturated rings. The van der Waals surface area contributed by atoms with Gasteiger partial charge in [-0.05, 0) is 18.3 Å². The van der Waals surface area contributed by atoms with Crippen molar-refractivity contribution < 1.29 is 4.74 Å². The average molecular weight is 256 g/mol. The van der Waals surface area contributed by atoms with Crippen molar-refractivity contribution in [3.8, 4) is 0 Å². The van der Waals surface area contributed by atoms with Crippen molar-refractivity contribution in [2.75, 3.05) is 32.8 Å². The Morgan fingerprint density at radius 2 is 1.94 bits per heavy atom. The number of ether oxygens (including phenoxy) is 1. The SMILES string of the molecule is CCCOCCN1CC(C(C)(C)C)NCC1CC. The molecule has 3 nitrogen and oxygen atoms in total. The highest BCUT2D eigenvalue weighted by Crippen LogP contribution is 2.24. The quantitative estimate of drug-likeness (QED) is 0.739. The van der Waals surface area contributed by atoms with Crippen LogP contribution in [0.3, 0.4) is 0 Å². The summed E-state index contributed by atoms with van der Waals surface area (Å²) in [4.78, 5) is 2.61. The summed E-state index contributed by atoms with van der Waals surface area (Å²) in [5, 5.41) is 3.71. The van der Waals surface area contributed by atoms with Crippen molar-refractivity contribution in [2.24, 2.45) is 5.41 Å². The lowest BCUT2D eigenvalue weighted by molar-refractivity contribution is 0.0453. The van der Waals surface area contributed by atoms with E-state index in [1.165, 1.54) is 6.42 Å². The molecule has 108 valence electrons. The van der Waals surface area contributed by atoms with Crippen molar-refractivity contribution >= 4 is 0 Å². The van der Waals surface area contributed by atoms with Crippen LogP contribution in [-0.2, 0) is 4.74 Å². The van der Waals surface area contributed by atoms with Gasteiger partial charge in [-0.3, -0.25) is 4.90 Å². The predicted molar refractivity (Wildman–Crippen MR) is 78.0 cm³/mol. The maximum atomic E-state index is 5.64. The van der Waals surface area contributed by atoms with Gasteiger partial charge in [-0.1, -0.05) is 34.6 Å². The molecule has 1 heterocycles. The van der Waals surface area contributed by atoms with E-state index in [0.717, 1.165) is 39.3 Å². The molecule has 1 rings (SSSR count). The van der Waals surface area contributed by atoms with Crippen molar-refractivity contribution in [1.82, 2.24) is 10.2 Å². The first-order chi connectivity index (χ1) is 8.49. The Bertz CT molecular complexity index is 225.